The molecule has 2 amide bonds. The summed E-state index contributed by atoms with van der Waals surface area (Å²) in [7, 11) is 0. The van der Waals surface area contributed by atoms with Gasteiger partial charge >= 0.3 is 6.09 Å². The van der Waals surface area contributed by atoms with Crippen LogP contribution in [0.5, 0.6) is 5.75 Å². The summed E-state index contributed by atoms with van der Waals surface area (Å²) in [4.78, 5) is 28.2. The number of carbonyl (C=O) groups is 2. The van der Waals surface area contributed by atoms with Crippen LogP contribution in [0.25, 0.3) is 0 Å². The number of benzene rings is 1. The monoisotopic (exact) mass is 380 g/mol. The van der Waals surface area contributed by atoms with E-state index >= 15 is 0 Å². The van der Waals surface area contributed by atoms with Gasteiger partial charge in [-0.2, -0.15) is 0 Å². The molecule has 1 aromatic carbocycles. The van der Waals surface area contributed by atoms with Crippen LogP contribution >= 0.6 is 11.6 Å². The predicted octanol–water partition coefficient (Wildman–Crippen LogP) is 3.50. The molecule has 26 heavy (non-hydrogen) atoms. The van der Waals surface area contributed by atoms with E-state index in [0.29, 0.717) is 43.1 Å². The van der Waals surface area contributed by atoms with Crippen LogP contribution < -0.4 is 0 Å². The highest BCUT2D eigenvalue weighted by atomic mass is 35.5. The van der Waals surface area contributed by atoms with Gasteiger partial charge in [0.1, 0.15) is 11.4 Å². The standard InChI is InChI=1S/C19H25ClN2O4/c1-19(2,3)26-18(25)22-10-8-12-13(20)6-7-15(23)17(12)14(22)11-21-9-4-5-16(21)24/h6-7,14,23H,4-5,8-11H2,1-3H3/t14-/m1/s1. The molecule has 0 aliphatic carbocycles. The zero-order valence-corrected chi connectivity index (χ0v) is 16.2. The van der Waals surface area contributed by atoms with Crippen molar-refractivity contribution in [2.75, 3.05) is 19.6 Å². The third-order valence-corrected chi connectivity index (χ3v) is 5.14. The third kappa shape index (κ3) is 3.75. The molecule has 7 heteroatoms. The predicted molar refractivity (Wildman–Crippen MR) is 98.3 cm³/mol. The lowest BCUT2D eigenvalue weighted by atomic mass is 9.91. The highest BCUT2D eigenvalue weighted by Gasteiger charge is 2.38. The summed E-state index contributed by atoms with van der Waals surface area (Å²) >= 11 is 6.33. The molecule has 2 aliphatic rings. The number of phenols is 1. The van der Waals surface area contributed by atoms with E-state index in [-0.39, 0.29) is 11.7 Å². The first-order valence-corrected chi connectivity index (χ1v) is 9.33. The van der Waals surface area contributed by atoms with Crippen LogP contribution in [0.1, 0.15) is 50.8 Å². The van der Waals surface area contributed by atoms with Crippen LogP contribution in [-0.2, 0) is 16.0 Å². The lowest BCUT2D eigenvalue weighted by Crippen LogP contribution is -2.47. The number of phenolic OH excluding ortho intramolecular Hbond substituents is 1. The molecule has 0 saturated carbocycles. The molecule has 0 unspecified atom stereocenters. The molecule has 0 bridgehead atoms. The molecular formula is C19H25ClN2O4. The summed E-state index contributed by atoms with van der Waals surface area (Å²) < 4.78 is 5.55. The highest BCUT2D eigenvalue weighted by molar-refractivity contribution is 6.31. The smallest absolute Gasteiger partial charge is 0.410 e. The molecule has 0 spiro atoms. The Kier molecular flexibility index (Phi) is 5.06. The number of aromatic hydroxyl groups is 1. The van der Waals surface area contributed by atoms with Gasteiger partial charge in [-0.3, -0.25) is 9.69 Å². The Balaban J connectivity index is 1.97. The topological polar surface area (TPSA) is 70.1 Å². The van der Waals surface area contributed by atoms with E-state index in [0.717, 1.165) is 12.0 Å². The van der Waals surface area contributed by atoms with Gasteiger partial charge in [-0.1, -0.05) is 11.6 Å². The zero-order valence-electron chi connectivity index (χ0n) is 15.4. The Bertz CT molecular complexity index is 729. The van der Waals surface area contributed by atoms with E-state index in [2.05, 4.69) is 0 Å². The van der Waals surface area contributed by atoms with Gasteiger partial charge in [-0.25, -0.2) is 4.79 Å². The van der Waals surface area contributed by atoms with Gasteiger partial charge in [0.05, 0.1) is 6.04 Å². The van der Waals surface area contributed by atoms with Crippen LogP contribution in [0.3, 0.4) is 0 Å². The molecule has 1 N–H and O–H groups in total. The number of likely N-dealkylation sites (tertiary alicyclic amines) is 1. The quantitative estimate of drug-likeness (QED) is 0.852. The van der Waals surface area contributed by atoms with Crippen molar-refractivity contribution in [3.05, 3.63) is 28.3 Å². The van der Waals surface area contributed by atoms with Crippen molar-refractivity contribution in [2.24, 2.45) is 0 Å². The summed E-state index contributed by atoms with van der Waals surface area (Å²) in [5.41, 5.74) is 0.833. The number of rotatable bonds is 2. The second-order valence-electron chi connectivity index (χ2n) is 7.84. The first kappa shape index (κ1) is 18.8. The fourth-order valence-corrected chi connectivity index (χ4v) is 3.89. The normalized spacial score (nSPS) is 20.3. The number of hydrogen-bond donors (Lipinski definition) is 1. The van der Waals surface area contributed by atoms with E-state index in [9.17, 15) is 14.7 Å². The average molecular weight is 381 g/mol. The van der Waals surface area contributed by atoms with E-state index in [4.69, 9.17) is 16.3 Å². The average Bonchev–Trinajstić information content (AvgIpc) is 2.94. The first-order valence-electron chi connectivity index (χ1n) is 8.95. The van der Waals surface area contributed by atoms with Gasteiger partial charge in [-0.05, 0) is 51.3 Å². The summed E-state index contributed by atoms with van der Waals surface area (Å²) in [5, 5.41) is 11.1. The van der Waals surface area contributed by atoms with Gasteiger partial charge in [-0.15, -0.1) is 0 Å². The number of fused-ring (bicyclic) bond motifs is 1. The minimum absolute atomic E-state index is 0.0720. The Hall–Kier alpha value is -1.95. The maximum Gasteiger partial charge on any atom is 0.410 e. The molecule has 3 rings (SSSR count). The van der Waals surface area contributed by atoms with Crippen molar-refractivity contribution in [3.63, 3.8) is 0 Å². The SMILES string of the molecule is CC(C)(C)OC(=O)N1CCc2c(Cl)ccc(O)c2[C@H]1CN1CCCC1=O. The summed E-state index contributed by atoms with van der Waals surface area (Å²) in [6.07, 6.45) is 1.42. The number of ether oxygens (including phenoxy) is 1. The fourth-order valence-electron chi connectivity index (χ4n) is 3.63. The summed E-state index contributed by atoms with van der Waals surface area (Å²) in [6, 6.07) is 2.73. The Labute approximate surface area is 158 Å². The molecule has 0 radical (unpaired) electrons. The Morgan fingerprint density at radius 2 is 2.04 bits per heavy atom. The number of halogens is 1. The molecule has 6 nitrogen and oxygen atoms in total. The number of carbonyl (C=O) groups excluding carboxylic acids is 2. The minimum Gasteiger partial charge on any atom is -0.508 e. The second kappa shape index (κ2) is 6.99. The molecule has 0 aromatic heterocycles. The maximum atomic E-state index is 12.8. The van der Waals surface area contributed by atoms with Gasteiger partial charge < -0.3 is 14.7 Å². The maximum absolute atomic E-state index is 12.8. The van der Waals surface area contributed by atoms with Gasteiger partial charge in [0.2, 0.25) is 5.91 Å². The Morgan fingerprint density at radius 1 is 1.31 bits per heavy atom. The van der Waals surface area contributed by atoms with Gasteiger partial charge in [0.25, 0.3) is 0 Å². The number of nitrogens with zero attached hydrogens (tertiary/aromatic N) is 2. The van der Waals surface area contributed by atoms with E-state index < -0.39 is 17.7 Å². The van der Waals surface area contributed by atoms with Crippen LogP contribution in [0, 0.1) is 0 Å². The zero-order chi connectivity index (χ0) is 19.1. The molecular weight excluding hydrogens is 356 g/mol. The lowest BCUT2D eigenvalue weighted by molar-refractivity contribution is -0.128. The summed E-state index contributed by atoms with van der Waals surface area (Å²) in [6.45, 7) is 6.87. The van der Waals surface area contributed by atoms with Crippen molar-refractivity contribution < 1.29 is 19.4 Å². The molecule has 1 aromatic rings. The highest BCUT2D eigenvalue weighted by Crippen LogP contribution is 2.40. The van der Waals surface area contributed by atoms with Gasteiger partial charge in [0.15, 0.2) is 0 Å². The van der Waals surface area contributed by atoms with Crippen molar-refractivity contribution >= 4 is 23.6 Å². The minimum atomic E-state index is -0.623. The van der Waals surface area contributed by atoms with Crippen molar-refractivity contribution in [1.82, 2.24) is 9.80 Å². The second-order valence-corrected chi connectivity index (χ2v) is 8.25. The first-order chi connectivity index (χ1) is 12.2. The molecule has 1 fully saturated rings. The number of hydrogen-bond acceptors (Lipinski definition) is 4. The van der Waals surface area contributed by atoms with Gasteiger partial charge in [0, 0.05) is 36.6 Å². The van der Waals surface area contributed by atoms with Crippen molar-refractivity contribution in [2.45, 2.75) is 51.7 Å². The molecule has 1 atom stereocenters. The summed E-state index contributed by atoms with van der Waals surface area (Å²) in [5.74, 6) is 0.164. The van der Waals surface area contributed by atoms with Crippen LogP contribution in [0.15, 0.2) is 12.1 Å². The molecule has 2 aliphatic heterocycles. The van der Waals surface area contributed by atoms with E-state index in [1.54, 1.807) is 21.9 Å². The Morgan fingerprint density at radius 3 is 2.65 bits per heavy atom. The van der Waals surface area contributed by atoms with E-state index in [1.165, 1.54) is 0 Å². The molecule has 2 heterocycles. The lowest BCUT2D eigenvalue weighted by Gasteiger charge is -2.40. The van der Waals surface area contributed by atoms with Crippen LogP contribution in [0.2, 0.25) is 5.02 Å². The largest absolute Gasteiger partial charge is 0.508 e. The van der Waals surface area contributed by atoms with E-state index in [1.807, 2.05) is 20.8 Å². The van der Waals surface area contributed by atoms with Crippen LogP contribution in [0.4, 0.5) is 4.79 Å². The van der Waals surface area contributed by atoms with Crippen molar-refractivity contribution in [1.29, 1.82) is 0 Å². The fraction of sp³-hybridized carbons (Fsp3) is 0.579. The molecule has 1 saturated heterocycles. The molecule has 142 valence electrons. The van der Waals surface area contributed by atoms with Crippen LogP contribution in [-0.4, -0.2) is 52.1 Å². The van der Waals surface area contributed by atoms with Crippen molar-refractivity contribution in [3.8, 4) is 5.75 Å². The third-order valence-electron chi connectivity index (χ3n) is 4.78. The number of amides is 2.